The minimum atomic E-state index is -0.400. The molecule has 1 aromatic rings. The van der Waals surface area contributed by atoms with Crippen molar-refractivity contribution < 1.29 is 9.90 Å². The van der Waals surface area contributed by atoms with Crippen LogP contribution in [-0.2, 0) is 0 Å². The van der Waals surface area contributed by atoms with E-state index in [-0.39, 0.29) is 11.9 Å². The van der Waals surface area contributed by atoms with Crippen LogP contribution >= 0.6 is 0 Å². The molecule has 4 nitrogen and oxygen atoms in total. The van der Waals surface area contributed by atoms with Gasteiger partial charge in [-0.1, -0.05) is 18.2 Å². The molecule has 2 atom stereocenters. The second kappa shape index (κ2) is 5.50. The van der Waals surface area contributed by atoms with E-state index in [4.69, 9.17) is 0 Å². The second-order valence-electron chi connectivity index (χ2n) is 5.13. The van der Waals surface area contributed by atoms with Gasteiger partial charge in [-0.15, -0.1) is 0 Å². The summed E-state index contributed by atoms with van der Waals surface area (Å²) in [5, 5.41) is 9.77. The molecule has 0 saturated carbocycles. The van der Waals surface area contributed by atoms with Crippen molar-refractivity contribution in [2.75, 3.05) is 27.2 Å². The lowest BCUT2D eigenvalue weighted by atomic mass is 10.1. The maximum absolute atomic E-state index is 12.4. The largest absolute Gasteiger partial charge is 0.391 e. The number of amides is 1. The van der Waals surface area contributed by atoms with Crippen molar-refractivity contribution >= 4 is 5.91 Å². The first kappa shape index (κ1) is 13.1. The molecule has 1 fully saturated rings. The van der Waals surface area contributed by atoms with Gasteiger partial charge in [0.25, 0.3) is 5.91 Å². The van der Waals surface area contributed by atoms with Gasteiger partial charge in [0.2, 0.25) is 0 Å². The van der Waals surface area contributed by atoms with Gasteiger partial charge in [0.1, 0.15) is 0 Å². The molecule has 1 heterocycles. The fourth-order valence-corrected chi connectivity index (χ4v) is 2.48. The van der Waals surface area contributed by atoms with Gasteiger partial charge in [0.15, 0.2) is 0 Å². The normalized spacial score (nSPS) is 23.7. The third-order valence-electron chi connectivity index (χ3n) is 3.25. The molecule has 1 aromatic carbocycles. The van der Waals surface area contributed by atoms with Gasteiger partial charge in [-0.3, -0.25) is 4.79 Å². The number of carbonyl (C=O) groups is 1. The number of benzene rings is 1. The number of hydrogen-bond acceptors (Lipinski definition) is 3. The highest BCUT2D eigenvalue weighted by atomic mass is 16.3. The summed E-state index contributed by atoms with van der Waals surface area (Å²) in [6.07, 6.45) is 0.263. The number of aliphatic hydroxyl groups excluding tert-OH is 1. The zero-order valence-corrected chi connectivity index (χ0v) is 10.9. The highest BCUT2D eigenvalue weighted by Gasteiger charge is 2.34. The first-order valence-corrected chi connectivity index (χ1v) is 6.26. The van der Waals surface area contributed by atoms with E-state index in [1.807, 2.05) is 49.3 Å². The lowest BCUT2D eigenvalue weighted by Gasteiger charge is -2.26. The molecule has 4 heteroatoms. The molecule has 0 spiro atoms. The van der Waals surface area contributed by atoms with Crippen LogP contribution in [-0.4, -0.2) is 60.1 Å². The summed E-state index contributed by atoms with van der Waals surface area (Å²) < 4.78 is 0. The fourth-order valence-electron chi connectivity index (χ4n) is 2.48. The third kappa shape index (κ3) is 2.89. The van der Waals surface area contributed by atoms with Gasteiger partial charge in [-0.05, 0) is 32.6 Å². The van der Waals surface area contributed by atoms with Crippen LogP contribution in [0.3, 0.4) is 0 Å². The van der Waals surface area contributed by atoms with Crippen molar-refractivity contribution in [3.05, 3.63) is 35.9 Å². The molecule has 0 aromatic heterocycles. The molecule has 1 aliphatic rings. The Morgan fingerprint density at radius 3 is 2.67 bits per heavy atom. The Morgan fingerprint density at radius 2 is 2.06 bits per heavy atom. The predicted octanol–water partition coefficient (Wildman–Crippen LogP) is 0.824. The quantitative estimate of drug-likeness (QED) is 0.861. The second-order valence-corrected chi connectivity index (χ2v) is 5.13. The molecule has 98 valence electrons. The van der Waals surface area contributed by atoms with Crippen LogP contribution in [0.25, 0.3) is 0 Å². The third-order valence-corrected chi connectivity index (χ3v) is 3.25. The molecule has 0 bridgehead atoms. The monoisotopic (exact) mass is 248 g/mol. The van der Waals surface area contributed by atoms with Gasteiger partial charge in [-0.25, -0.2) is 0 Å². The molecule has 2 unspecified atom stereocenters. The lowest BCUT2D eigenvalue weighted by Crippen LogP contribution is -2.41. The van der Waals surface area contributed by atoms with E-state index in [2.05, 4.69) is 0 Å². The molecular formula is C14H20N2O2. The van der Waals surface area contributed by atoms with Crippen LogP contribution in [0.2, 0.25) is 0 Å². The summed E-state index contributed by atoms with van der Waals surface area (Å²) in [5.41, 5.74) is 0.690. The van der Waals surface area contributed by atoms with Crippen LogP contribution in [0.15, 0.2) is 30.3 Å². The van der Waals surface area contributed by atoms with Gasteiger partial charge >= 0.3 is 0 Å². The van der Waals surface area contributed by atoms with Crippen LogP contribution in [0.5, 0.6) is 0 Å². The number of nitrogens with zero attached hydrogens (tertiary/aromatic N) is 2. The molecule has 1 aliphatic heterocycles. The minimum absolute atomic E-state index is 0.0130. The number of β-amino-alcohol motifs (C(OH)–C–C–N with tert-alkyl or cyclic N) is 1. The standard InChI is InChI=1S/C14H20N2O2/c1-15(2)9-12-8-13(17)10-16(12)14(18)11-6-4-3-5-7-11/h3-7,12-13,17H,8-10H2,1-2H3. The maximum atomic E-state index is 12.4. The van der Waals surface area contributed by atoms with Crippen LogP contribution < -0.4 is 0 Å². The first-order chi connectivity index (χ1) is 8.58. The summed E-state index contributed by atoms with van der Waals surface area (Å²) >= 11 is 0. The zero-order chi connectivity index (χ0) is 13.1. The average molecular weight is 248 g/mol. The smallest absolute Gasteiger partial charge is 0.254 e. The summed E-state index contributed by atoms with van der Waals surface area (Å²) in [7, 11) is 3.96. The van der Waals surface area contributed by atoms with E-state index >= 15 is 0 Å². The van der Waals surface area contributed by atoms with Crippen molar-refractivity contribution in [3.63, 3.8) is 0 Å². The number of likely N-dealkylation sites (N-methyl/N-ethyl adjacent to an activating group) is 1. The number of hydrogen-bond donors (Lipinski definition) is 1. The Bertz CT molecular complexity index is 406. The number of likely N-dealkylation sites (tertiary alicyclic amines) is 1. The molecule has 1 amide bonds. The van der Waals surface area contributed by atoms with Crippen molar-refractivity contribution in [3.8, 4) is 0 Å². The Balaban J connectivity index is 2.13. The number of aliphatic hydroxyl groups is 1. The van der Waals surface area contributed by atoms with Crippen molar-refractivity contribution in [2.24, 2.45) is 0 Å². The Kier molecular flexibility index (Phi) is 3.99. The van der Waals surface area contributed by atoms with E-state index < -0.39 is 6.10 Å². The van der Waals surface area contributed by atoms with Crippen molar-refractivity contribution in [1.82, 2.24) is 9.80 Å². The first-order valence-electron chi connectivity index (χ1n) is 6.26. The van der Waals surface area contributed by atoms with Gasteiger partial charge in [-0.2, -0.15) is 0 Å². The molecule has 18 heavy (non-hydrogen) atoms. The maximum Gasteiger partial charge on any atom is 0.254 e. The predicted molar refractivity (Wildman–Crippen MR) is 70.4 cm³/mol. The Labute approximate surface area is 108 Å². The minimum Gasteiger partial charge on any atom is -0.391 e. The van der Waals surface area contributed by atoms with E-state index in [1.165, 1.54) is 0 Å². The Hall–Kier alpha value is -1.39. The Morgan fingerprint density at radius 1 is 1.39 bits per heavy atom. The zero-order valence-electron chi connectivity index (χ0n) is 10.9. The summed E-state index contributed by atoms with van der Waals surface area (Å²) in [6, 6.07) is 9.36. The van der Waals surface area contributed by atoms with E-state index in [0.29, 0.717) is 18.5 Å². The molecule has 2 rings (SSSR count). The van der Waals surface area contributed by atoms with Crippen LogP contribution in [0.4, 0.5) is 0 Å². The number of rotatable bonds is 3. The lowest BCUT2D eigenvalue weighted by molar-refractivity contribution is 0.0699. The SMILES string of the molecule is CN(C)CC1CC(O)CN1C(=O)c1ccccc1. The highest BCUT2D eigenvalue weighted by Crippen LogP contribution is 2.21. The summed E-state index contributed by atoms with van der Waals surface area (Å²) in [6.45, 7) is 1.22. The van der Waals surface area contributed by atoms with Crippen LogP contribution in [0.1, 0.15) is 16.8 Å². The summed E-state index contributed by atoms with van der Waals surface area (Å²) in [5.74, 6) is 0.0130. The van der Waals surface area contributed by atoms with E-state index in [0.717, 1.165) is 6.54 Å². The number of carbonyl (C=O) groups excluding carboxylic acids is 1. The molecular weight excluding hydrogens is 228 g/mol. The van der Waals surface area contributed by atoms with E-state index in [9.17, 15) is 9.90 Å². The molecule has 0 aliphatic carbocycles. The molecule has 1 N–H and O–H groups in total. The van der Waals surface area contributed by atoms with Crippen molar-refractivity contribution in [2.45, 2.75) is 18.6 Å². The topological polar surface area (TPSA) is 43.8 Å². The van der Waals surface area contributed by atoms with Gasteiger partial charge in [0, 0.05) is 24.7 Å². The van der Waals surface area contributed by atoms with Crippen molar-refractivity contribution in [1.29, 1.82) is 0 Å². The van der Waals surface area contributed by atoms with Crippen LogP contribution in [0, 0.1) is 0 Å². The average Bonchev–Trinajstić information content (AvgIpc) is 2.69. The summed E-state index contributed by atoms with van der Waals surface area (Å²) in [4.78, 5) is 16.2. The van der Waals surface area contributed by atoms with E-state index in [1.54, 1.807) is 4.90 Å². The molecule has 0 radical (unpaired) electrons. The fraction of sp³-hybridized carbons (Fsp3) is 0.500. The van der Waals surface area contributed by atoms with Gasteiger partial charge in [0.05, 0.1) is 6.10 Å². The highest BCUT2D eigenvalue weighted by molar-refractivity contribution is 5.94. The van der Waals surface area contributed by atoms with Gasteiger partial charge < -0.3 is 14.9 Å². The molecule has 1 saturated heterocycles.